The molecule has 0 aliphatic heterocycles. The molecule has 0 bridgehead atoms. The normalized spacial score (nSPS) is 10.0. The van der Waals surface area contributed by atoms with Gasteiger partial charge in [-0.1, -0.05) is 6.07 Å². The summed E-state index contributed by atoms with van der Waals surface area (Å²) in [5, 5.41) is 12.1. The minimum Gasteiger partial charge on any atom is -0.507 e. The van der Waals surface area contributed by atoms with Gasteiger partial charge >= 0.3 is 0 Å². The fourth-order valence-electron chi connectivity index (χ4n) is 1.83. The van der Waals surface area contributed by atoms with Crippen LogP contribution >= 0.6 is 0 Å². The maximum Gasteiger partial charge on any atom is 0.262 e. The SMILES string of the molecule is COc1ccc(OC)c(NC(=O)c2c(O)cccc2F)c1. The van der Waals surface area contributed by atoms with Crippen molar-refractivity contribution in [2.45, 2.75) is 0 Å². The summed E-state index contributed by atoms with van der Waals surface area (Å²) in [5.41, 5.74) is -0.119. The van der Waals surface area contributed by atoms with Crippen molar-refractivity contribution in [2.24, 2.45) is 0 Å². The smallest absolute Gasteiger partial charge is 0.262 e. The standard InChI is InChI=1S/C15H14FNO4/c1-20-9-6-7-13(21-2)11(8-9)17-15(19)14-10(16)4-3-5-12(14)18/h3-8,18H,1-2H3,(H,17,19). The number of ether oxygens (including phenoxy) is 2. The van der Waals surface area contributed by atoms with E-state index >= 15 is 0 Å². The van der Waals surface area contributed by atoms with Crippen LogP contribution in [0.15, 0.2) is 36.4 Å². The molecule has 6 heteroatoms. The predicted octanol–water partition coefficient (Wildman–Crippen LogP) is 2.80. The molecule has 0 fully saturated rings. The van der Waals surface area contributed by atoms with E-state index in [4.69, 9.17) is 9.47 Å². The Kier molecular flexibility index (Phi) is 4.27. The van der Waals surface area contributed by atoms with Crippen molar-refractivity contribution in [3.8, 4) is 17.2 Å². The van der Waals surface area contributed by atoms with Gasteiger partial charge in [0, 0.05) is 6.07 Å². The number of hydrogen-bond donors (Lipinski definition) is 2. The molecule has 110 valence electrons. The van der Waals surface area contributed by atoms with E-state index in [0.29, 0.717) is 17.2 Å². The van der Waals surface area contributed by atoms with Crippen LogP contribution in [0.5, 0.6) is 17.2 Å². The van der Waals surface area contributed by atoms with Crippen LogP contribution in [-0.4, -0.2) is 25.2 Å². The molecule has 2 aromatic carbocycles. The van der Waals surface area contributed by atoms with Gasteiger partial charge < -0.3 is 19.9 Å². The molecule has 0 unspecified atom stereocenters. The number of aromatic hydroxyl groups is 1. The van der Waals surface area contributed by atoms with Crippen LogP contribution in [0.4, 0.5) is 10.1 Å². The van der Waals surface area contributed by atoms with Gasteiger partial charge in [0.1, 0.15) is 28.6 Å². The minimum absolute atomic E-state index is 0.310. The Hall–Kier alpha value is -2.76. The molecule has 0 saturated carbocycles. The first-order valence-electron chi connectivity index (χ1n) is 6.07. The summed E-state index contributed by atoms with van der Waals surface area (Å²) in [7, 11) is 2.92. The van der Waals surface area contributed by atoms with Crippen molar-refractivity contribution < 1.29 is 23.8 Å². The lowest BCUT2D eigenvalue weighted by Crippen LogP contribution is -2.14. The molecular formula is C15H14FNO4. The van der Waals surface area contributed by atoms with Gasteiger partial charge in [-0.2, -0.15) is 0 Å². The fraction of sp³-hybridized carbons (Fsp3) is 0.133. The molecule has 0 radical (unpaired) electrons. The summed E-state index contributed by atoms with van der Waals surface area (Å²) < 4.78 is 23.8. The zero-order chi connectivity index (χ0) is 15.4. The highest BCUT2D eigenvalue weighted by molar-refractivity contribution is 6.07. The molecule has 0 heterocycles. The van der Waals surface area contributed by atoms with Gasteiger partial charge in [-0.25, -0.2) is 4.39 Å². The van der Waals surface area contributed by atoms with E-state index in [9.17, 15) is 14.3 Å². The number of rotatable bonds is 4. The number of anilines is 1. The minimum atomic E-state index is -0.811. The Labute approximate surface area is 120 Å². The molecule has 1 amide bonds. The van der Waals surface area contributed by atoms with Gasteiger partial charge in [0.15, 0.2) is 0 Å². The maximum atomic E-state index is 13.7. The van der Waals surface area contributed by atoms with Crippen LogP contribution in [0.3, 0.4) is 0 Å². The highest BCUT2D eigenvalue weighted by atomic mass is 19.1. The van der Waals surface area contributed by atoms with Gasteiger partial charge in [0.25, 0.3) is 5.91 Å². The second-order valence-corrected chi connectivity index (χ2v) is 4.15. The summed E-state index contributed by atoms with van der Waals surface area (Å²) >= 11 is 0. The first-order valence-corrected chi connectivity index (χ1v) is 6.07. The van der Waals surface area contributed by atoms with Crippen LogP contribution in [-0.2, 0) is 0 Å². The number of carbonyl (C=O) groups excluding carboxylic acids is 1. The van der Waals surface area contributed by atoms with Crippen molar-refractivity contribution in [1.82, 2.24) is 0 Å². The molecule has 0 atom stereocenters. The number of carbonyl (C=O) groups is 1. The van der Waals surface area contributed by atoms with Crippen molar-refractivity contribution >= 4 is 11.6 Å². The average molecular weight is 291 g/mol. The Morgan fingerprint density at radius 1 is 1.19 bits per heavy atom. The third kappa shape index (κ3) is 3.05. The summed E-state index contributed by atoms with van der Waals surface area (Å²) in [6.45, 7) is 0. The lowest BCUT2D eigenvalue weighted by Gasteiger charge is -2.12. The van der Waals surface area contributed by atoms with E-state index in [1.165, 1.54) is 32.4 Å². The van der Waals surface area contributed by atoms with E-state index < -0.39 is 23.0 Å². The van der Waals surface area contributed by atoms with Gasteiger partial charge in [0.2, 0.25) is 0 Å². The quantitative estimate of drug-likeness (QED) is 0.909. The molecule has 5 nitrogen and oxygen atoms in total. The maximum absolute atomic E-state index is 13.7. The highest BCUT2D eigenvalue weighted by Gasteiger charge is 2.18. The molecule has 2 aromatic rings. The van der Waals surface area contributed by atoms with E-state index in [-0.39, 0.29) is 0 Å². The Balaban J connectivity index is 2.35. The zero-order valence-corrected chi connectivity index (χ0v) is 11.5. The number of amides is 1. The van der Waals surface area contributed by atoms with Gasteiger partial charge in [-0.05, 0) is 24.3 Å². The van der Waals surface area contributed by atoms with E-state index in [0.717, 1.165) is 6.07 Å². The highest BCUT2D eigenvalue weighted by Crippen LogP contribution is 2.30. The van der Waals surface area contributed by atoms with Crippen molar-refractivity contribution in [2.75, 3.05) is 19.5 Å². The molecular weight excluding hydrogens is 277 g/mol. The summed E-state index contributed by atoms with van der Waals surface area (Å²) in [6, 6.07) is 8.45. The van der Waals surface area contributed by atoms with E-state index in [1.54, 1.807) is 12.1 Å². The third-order valence-electron chi connectivity index (χ3n) is 2.87. The topological polar surface area (TPSA) is 67.8 Å². The number of halogens is 1. The lowest BCUT2D eigenvalue weighted by molar-refractivity contribution is 0.102. The fourth-order valence-corrected chi connectivity index (χ4v) is 1.83. The van der Waals surface area contributed by atoms with Crippen molar-refractivity contribution in [3.05, 3.63) is 47.8 Å². The average Bonchev–Trinajstić information content (AvgIpc) is 2.47. The molecule has 2 rings (SSSR count). The first-order chi connectivity index (χ1) is 10.1. The van der Waals surface area contributed by atoms with Gasteiger partial charge in [-0.3, -0.25) is 4.79 Å². The Morgan fingerprint density at radius 2 is 1.95 bits per heavy atom. The van der Waals surface area contributed by atoms with Crippen LogP contribution in [0, 0.1) is 5.82 Å². The predicted molar refractivity (Wildman–Crippen MR) is 75.6 cm³/mol. The second kappa shape index (κ2) is 6.13. The van der Waals surface area contributed by atoms with Crippen LogP contribution in [0.25, 0.3) is 0 Å². The number of phenolic OH excluding ortho intramolecular Hbond substituents is 1. The molecule has 0 spiro atoms. The first kappa shape index (κ1) is 14.6. The molecule has 21 heavy (non-hydrogen) atoms. The van der Waals surface area contributed by atoms with Crippen LogP contribution < -0.4 is 14.8 Å². The number of phenols is 1. The van der Waals surface area contributed by atoms with Gasteiger partial charge in [0.05, 0.1) is 19.9 Å². The van der Waals surface area contributed by atoms with E-state index in [1.807, 2.05) is 0 Å². The van der Waals surface area contributed by atoms with Crippen molar-refractivity contribution in [1.29, 1.82) is 0 Å². The Morgan fingerprint density at radius 3 is 2.57 bits per heavy atom. The molecule has 0 saturated heterocycles. The van der Waals surface area contributed by atoms with Crippen LogP contribution in [0.2, 0.25) is 0 Å². The molecule has 2 N–H and O–H groups in total. The summed E-state index contributed by atoms with van der Waals surface area (Å²) in [6.07, 6.45) is 0. The van der Waals surface area contributed by atoms with E-state index in [2.05, 4.69) is 5.32 Å². The summed E-state index contributed by atoms with van der Waals surface area (Å²) in [4.78, 5) is 12.1. The van der Waals surface area contributed by atoms with Gasteiger partial charge in [-0.15, -0.1) is 0 Å². The number of hydrogen-bond acceptors (Lipinski definition) is 4. The number of methoxy groups -OCH3 is 2. The second-order valence-electron chi connectivity index (χ2n) is 4.15. The number of nitrogens with one attached hydrogen (secondary N) is 1. The number of benzene rings is 2. The molecule has 0 aromatic heterocycles. The third-order valence-corrected chi connectivity index (χ3v) is 2.87. The summed E-state index contributed by atoms with van der Waals surface area (Å²) in [5.74, 6) is -1.13. The van der Waals surface area contributed by atoms with Crippen LogP contribution in [0.1, 0.15) is 10.4 Å². The zero-order valence-electron chi connectivity index (χ0n) is 11.5. The largest absolute Gasteiger partial charge is 0.507 e. The van der Waals surface area contributed by atoms with Crippen molar-refractivity contribution in [3.63, 3.8) is 0 Å². The molecule has 0 aliphatic rings. The Bertz CT molecular complexity index is 652. The molecule has 0 aliphatic carbocycles. The lowest BCUT2D eigenvalue weighted by atomic mass is 10.1. The monoisotopic (exact) mass is 291 g/mol.